The Morgan fingerprint density at radius 3 is 3.00 bits per heavy atom. The Kier molecular flexibility index (Phi) is 3.25. The fourth-order valence-electron chi connectivity index (χ4n) is 2.87. The summed E-state index contributed by atoms with van der Waals surface area (Å²) in [5.74, 6) is 0.0953. The maximum absolute atomic E-state index is 12.3. The summed E-state index contributed by atoms with van der Waals surface area (Å²) >= 11 is 0. The summed E-state index contributed by atoms with van der Waals surface area (Å²) in [6, 6.07) is 10.1. The van der Waals surface area contributed by atoms with Crippen LogP contribution in [-0.4, -0.2) is 39.7 Å². The van der Waals surface area contributed by atoms with Crippen molar-refractivity contribution in [3.05, 3.63) is 36.5 Å². The highest BCUT2D eigenvalue weighted by molar-refractivity contribution is 5.83. The van der Waals surface area contributed by atoms with Crippen LogP contribution in [0.4, 0.5) is 0 Å². The monoisotopic (exact) mass is 258 g/mol. The van der Waals surface area contributed by atoms with Crippen molar-refractivity contribution in [2.45, 2.75) is 25.4 Å². The molecule has 0 saturated carbocycles. The zero-order valence-electron chi connectivity index (χ0n) is 10.8. The Hall–Kier alpha value is -1.81. The molecule has 1 aromatic heterocycles. The number of benzene rings is 1. The highest BCUT2D eigenvalue weighted by atomic mass is 16.3. The van der Waals surface area contributed by atoms with Crippen LogP contribution in [0.5, 0.6) is 0 Å². The zero-order valence-corrected chi connectivity index (χ0v) is 10.8. The lowest BCUT2D eigenvalue weighted by Crippen LogP contribution is -2.39. The number of aromatic nitrogens is 1. The van der Waals surface area contributed by atoms with E-state index in [0.29, 0.717) is 6.54 Å². The third-order valence-corrected chi connectivity index (χ3v) is 3.89. The second-order valence-corrected chi connectivity index (χ2v) is 5.07. The molecule has 1 fully saturated rings. The van der Waals surface area contributed by atoms with Gasteiger partial charge in [0.15, 0.2) is 0 Å². The van der Waals surface area contributed by atoms with Gasteiger partial charge in [0.05, 0.1) is 12.6 Å². The molecule has 19 heavy (non-hydrogen) atoms. The summed E-state index contributed by atoms with van der Waals surface area (Å²) in [6.07, 6.45) is 3.85. The van der Waals surface area contributed by atoms with Gasteiger partial charge in [0.1, 0.15) is 6.54 Å². The molecule has 1 aliphatic heterocycles. The molecule has 1 atom stereocenters. The van der Waals surface area contributed by atoms with Gasteiger partial charge in [0, 0.05) is 18.3 Å². The van der Waals surface area contributed by atoms with Crippen molar-refractivity contribution < 1.29 is 9.90 Å². The van der Waals surface area contributed by atoms with Gasteiger partial charge in [-0.2, -0.15) is 0 Å². The molecule has 0 spiro atoms. The molecule has 1 unspecified atom stereocenters. The Labute approximate surface area is 112 Å². The van der Waals surface area contributed by atoms with Crippen molar-refractivity contribution in [2.24, 2.45) is 0 Å². The van der Waals surface area contributed by atoms with Gasteiger partial charge in [-0.25, -0.2) is 0 Å². The normalized spacial score (nSPS) is 19.2. The number of likely N-dealkylation sites (tertiary alicyclic amines) is 1. The Bertz CT molecular complexity index is 591. The van der Waals surface area contributed by atoms with Gasteiger partial charge < -0.3 is 14.6 Å². The lowest BCUT2D eigenvalue weighted by atomic mass is 10.2. The van der Waals surface area contributed by atoms with Crippen LogP contribution in [0.25, 0.3) is 10.9 Å². The van der Waals surface area contributed by atoms with Crippen LogP contribution in [-0.2, 0) is 11.3 Å². The molecule has 1 saturated heterocycles. The van der Waals surface area contributed by atoms with E-state index in [0.717, 1.165) is 30.3 Å². The van der Waals surface area contributed by atoms with Crippen molar-refractivity contribution in [3.8, 4) is 0 Å². The summed E-state index contributed by atoms with van der Waals surface area (Å²) in [6.45, 7) is 1.19. The summed E-state index contributed by atoms with van der Waals surface area (Å²) in [5, 5.41) is 10.4. The van der Waals surface area contributed by atoms with Gasteiger partial charge in [0.2, 0.25) is 5.91 Å². The molecule has 0 bridgehead atoms. The first-order chi connectivity index (χ1) is 9.29. The lowest BCUT2D eigenvalue weighted by Gasteiger charge is -2.23. The Balaban J connectivity index is 1.79. The predicted molar refractivity (Wildman–Crippen MR) is 73.8 cm³/mol. The predicted octanol–water partition coefficient (Wildman–Crippen LogP) is 1.62. The summed E-state index contributed by atoms with van der Waals surface area (Å²) < 4.78 is 1.98. The molecule has 4 nitrogen and oxygen atoms in total. The number of carbonyl (C=O) groups is 1. The molecule has 2 aromatic rings. The third kappa shape index (κ3) is 2.24. The fraction of sp³-hybridized carbons (Fsp3) is 0.400. The van der Waals surface area contributed by atoms with E-state index < -0.39 is 0 Å². The first kappa shape index (κ1) is 12.2. The second kappa shape index (κ2) is 5.05. The van der Waals surface area contributed by atoms with Gasteiger partial charge in [0.25, 0.3) is 0 Å². The number of nitrogens with zero attached hydrogens (tertiary/aromatic N) is 2. The number of amides is 1. The van der Waals surface area contributed by atoms with E-state index >= 15 is 0 Å². The van der Waals surface area contributed by atoms with Crippen LogP contribution in [0.3, 0.4) is 0 Å². The number of carbonyl (C=O) groups excluding carboxylic acids is 1. The molecule has 100 valence electrons. The zero-order chi connectivity index (χ0) is 13.2. The van der Waals surface area contributed by atoms with E-state index in [1.165, 1.54) is 0 Å². The van der Waals surface area contributed by atoms with Crippen LogP contribution < -0.4 is 0 Å². The van der Waals surface area contributed by atoms with Crippen LogP contribution >= 0.6 is 0 Å². The maximum Gasteiger partial charge on any atom is 0.242 e. The van der Waals surface area contributed by atoms with Crippen molar-refractivity contribution in [3.63, 3.8) is 0 Å². The van der Waals surface area contributed by atoms with E-state index in [-0.39, 0.29) is 18.6 Å². The van der Waals surface area contributed by atoms with Gasteiger partial charge in [-0.3, -0.25) is 4.79 Å². The van der Waals surface area contributed by atoms with Gasteiger partial charge in [-0.1, -0.05) is 18.2 Å². The average Bonchev–Trinajstić information content (AvgIpc) is 3.05. The number of rotatable bonds is 3. The molecule has 0 aliphatic carbocycles. The number of para-hydroxylation sites is 1. The first-order valence-corrected chi connectivity index (χ1v) is 6.74. The molecular formula is C15H18N2O2. The molecule has 3 rings (SSSR count). The Morgan fingerprint density at radius 2 is 2.16 bits per heavy atom. The summed E-state index contributed by atoms with van der Waals surface area (Å²) in [5.41, 5.74) is 1.08. The quantitative estimate of drug-likeness (QED) is 0.909. The molecule has 0 radical (unpaired) electrons. The minimum Gasteiger partial charge on any atom is -0.394 e. The maximum atomic E-state index is 12.3. The van der Waals surface area contributed by atoms with Gasteiger partial charge >= 0.3 is 0 Å². The SMILES string of the molecule is O=C(Cn1ccc2ccccc21)N1CCCC1CO. The molecule has 1 amide bonds. The molecule has 1 N–H and O–H groups in total. The second-order valence-electron chi connectivity index (χ2n) is 5.07. The average molecular weight is 258 g/mol. The number of aliphatic hydroxyl groups excluding tert-OH is 1. The summed E-state index contributed by atoms with van der Waals surface area (Å²) in [4.78, 5) is 14.1. The van der Waals surface area contributed by atoms with Crippen LogP contribution in [0.1, 0.15) is 12.8 Å². The van der Waals surface area contributed by atoms with Crippen molar-refractivity contribution >= 4 is 16.8 Å². The Morgan fingerprint density at radius 1 is 1.32 bits per heavy atom. The molecular weight excluding hydrogens is 240 g/mol. The fourth-order valence-corrected chi connectivity index (χ4v) is 2.87. The van der Waals surface area contributed by atoms with E-state index in [2.05, 4.69) is 0 Å². The third-order valence-electron chi connectivity index (χ3n) is 3.89. The minimum absolute atomic E-state index is 0.00864. The number of fused-ring (bicyclic) bond motifs is 1. The van der Waals surface area contributed by atoms with Crippen molar-refractivity contribution in [1.29, 1.82) is 0 Å². The minimum atomic E-state index is 0.00864. The molecule has 1 aliphatic rings. The molecule has 1 aromatic carbocycles. The van der Waals surface area contributed by atoms with Gasteiger partial charge in [-0.15, -0.1) is 0 Å². The van der Waals surface area contributed by atoms with E-state index in [1.54, 1.807) is 0 Å². The summed E-state index contributed by atoms with van der Waals surface area (Å²) in [7, 11) is 0. The number of hydrogen-bond acceptors (Lipinski definition) is 2. The molecule has 4 heteroatoms. The van der Waals surface area contributed by atoms with Crippen molar-refractivity contribution in [2.75, 3.05) is 13.2 Å². The van der Waals surface area contributed by atoms with Gasteiger partial charge in [-0.05, 0) is 30.4 Å². The van der Waals surface area contributed by atoms with E-state index in [1.807, 2.05) is 46.0 Å². The number of aliphatic hydroxyl groups is 1. The van der Waals surface area contributed by atoms with Crippen LogP contribution in [0.2, 0.25) is 0 Å². The van der Waals surface area contributed by atoms with Crippen LogP contribution in [0, 0.1) is 0 Å². The molecule has 2 heterocycles. The topological polar surface area (TPSA) is 45.5 Å². The van der Waals surface area contributed by atoms with Crippen LogP contribution in [0.15, 0.2) is 36.5 Å². The lowest BCUT2D eigenvalue weighted by molar-refractivity contribution is -0.133. The van der Waals surface area contributed by atoms with E-state index in [4.69, 9.17) is 0 Å². The largest absolute Gasteiger partial charge is 0.394 e. The first-order valence-electron chi connectivity index (χ1n) is 6.74. The van der Waals surface area contributed by atoms with E-state index in [9.17, 15) is 9.90 Å². The smallest absolute Gasteiger partial charge is 0.242 e. The standard InChI is InChI=1S/C15H18N2O2/c18-11-13-5-3-8-17(13)15(19)10-16-9-7-12-4-1-2-6-14(12)16/h1-2,4,6-7,9,13,18H,3,5,8,10-11H2. The highest BCUT2D eigenvalue weighted by Gasteiger charge is 2.27. The van der Waals surface area contributed by atoms with Crippen molar-refractivity contribution in [1.82, 2.24) is 9.47 Å². The highest BCUT2D eigenvalue weighted by Crippen LogP contribution is 2.19. The number of hydrogen-bond donors (Lipinski definition) is 1.